The minimum absolute atomic E-state index is 0.507. The SMILES string of the molecule is CN=C(NC)NC1CCN(CCOC)C1. The van der Waals surface area contributed by atoms with Gasteiger partial charge in [-0.15, -0.1) is 0 Å². The number of methoxy groups -OCH3 is 1. The van der Waals surface area contributed by atoms with Crippen LogP contribution in [-0.4, -0.2) is 64.3 Å². The molecule has 5 nitrogen and oxygen atoms in total. The molecule has 0 amide bonds. The van der Waals surface area contributed by atoms with Crippen LogP contribution >= 0.6 is 0 Å². The molecule has 5 heteroatoms. The van der Waals surface area contributed by atoms with Gasteiger partial charge >= 0.3 is 0 Å². The fraction of sp³-hybridized carbons (Fsp3) is 0.900. The van der Waals surface area contributed by atoms with Crippen LogP contribution in [0.5, 0.6) is 0 Å². The van der Waals surface area contributed by atoms with E-state index in [-0.39, 0.29) is 0 Å². The topological polar surface area (TPSA) is 48.9 Å². The third-order valence-corrected chi connectivity index (χ3v) is 2.69. The van der Waals surface area contributed by atoms with Gasteiger partial charge in [-0.2, -0.15) is 0 Å². The average molecular weight is 214 g/mol. The second-order valence-corrected chi connectivity index (χ2v) is 3.75. The Bertz CT molecular complexity index is 208. The number of nitrogens with zero attached hydrogens (tertiary/aromatic N) is 2. The lowest BCUT2D eigenvalue weighted by atomic mass is 10.3. The van der Waals surface area contributed by atoms with Crippen LogP contribution in [0.25, 0.3) is 0 Å². The smallest absolute Gasteiger partial charge is 0.190 e. The molecule has 0 spiro atoms. The quantitative estimate of drug-likeness (QED) is 0.489. The Morgan fingerprint density at radius 3 is 3.00 bits per heavy atom. The molecule has 0 radical (unpaired) electrons. The van der Waals surface area contributed by atoms with E-state index in [0.29, 0.717) is 6.04 Å². The maximum absolute atomic E-state index is 5.06. The molecule has 0 aromatic carbocycles. The van der Waals surface area contributed by atoms with Crippen LogP contribution in [0, 0.1) is 0 Å². The lowest BCUT2D eigenvalue weighted by Gasteiger charge is -2.17. The van der Waals surface area contributed by atoms with Crippen LogP contribution in [-0.2, 0) is 4.74 Å². The summed E-state index contributed by atoms with van der Waals surface area (Å²) in [7, 11) is 5.41. The molecule has 15 heavy (non-hydrogen) atoms. The largest absolute Gasteiger partial charge is 0.383 e. The molecule has 0 bridgehead atoms. The van der Waals surface area contributed by atoms with Crippen LogP contribution in [0.15, 0.2) is 4.99 Å². The van der Waals surface area contributed by atoms with Gasteiger partial charge in [0.25, 0.3) is 0 Å². The van der Waals surface area contributed by atoms with Crippen LogP contribution < -0.4 is 10.6 Å². The van der Waals surface area contributed by atoms with E-state index in [4.69, 9.17) is 4.74 Å². The second kappa shape index (κ2) is 6.63. The Hall–Kier alpha value is -0.810. The average Bonchev–Trinajstić information content (AvgIpc) is 2.70. The summed E-state index contributed by atoms with van der Waals surface area (Å²) in [6.45, 7) is 4.05. The number of aliphatic imine (C=N–C) groups is 1. The van der Waals surface area contributed by atoms with E-state index in [0.717, 1.165) is 32.2 Å². The molecule has 1 rings (SSSR count). The maximum atomic E-state index is 5.06. The van der Waals surface area contributed by atoms with E-state index in [1.807, 2.05) is 7.05 Å². The van der Waals surface area contributed by atoms with Crippen molar-refractivity contribution in [2.45, 2.75) is 12.5 Å². The van der Waals surface area contributed by atoms with Gasteiger partial charge in [0.15, 0.2) is 5.96 Å². The summed E-state index contributed by atoms with van der Waals surface area (Å²) in [6, 6.07) is 0.507. The maximum Gasteiger partial charge on any atom is 0.190 e. The minimum Gasteiger partial charge on any atom is -0.383 e. The van der Waals surface area contributed by atoms with Gasteiger partial charge in [0.05, 0.1) is 6.61 Å². The normalized spacial score (nSPS) is 23.1. The summed E-state index contributed by atoms with van der Waals surface area (Å²) in [5.74, 6) is 0.869. The van der Waals surface area contributed by atoms with Gasteiger partial charge < -0.3 is 15.4 Å². The summed E-state index contributed by atoms with van der Waals surface area (Å²) in [5, 5.41) is 6.41. The van der Waals surface area contributed by atoms with Crippen molar-refractivity contribution in [3.05, 3.63) is 0 Å². The summed E-state index contributed by atoms with van der Waals surface area (Å²) in [4.78, 5) is 6.52. The molecule has 1 atom stereocenters. The highest BCUT2D eigenvalue weighted by Gasteiger charge is 2.22. The molecule has 1 heterocycles. The minimum atomic E-state index is 0.507. The van der Waals surface area contributed by atoms with Crippen molar-refractivity contribution in [3.63, 3.8) is 0 Å². The van der Waals surface area contributed by atoms with E-state index in [1.165, 1.54) is 6.42 Å². The second-order valence-electron chi connectivity index (χ2n) is 3.75. The van der Waals surface area contributed by atoms with Crippen molar-refractivity contribution in [1.82, 2.24) is 15.5 Å². The third-order valence-electron chi connectivity index (χ3n) is 2.69. The number of guanidine groups is 1. The van der Waals surface area contributed by atoms with E-state index in [2.05, 4.69) is 20.5 Å². The molecule has 1 fully saturated rings. The summed E-state index contributed by atoms with van der Waals surface area (Å²) in [6.07, 6.45) is 1.17. The van der Waals surface area contributed by atoms with E-state index < -0.39 is 0 Å². The zero-order valence-electron chi connectivity index (χ0n) is 9.92. The molecule has 0 aromatic rings. The molecule has 0 saturated carbocycles. The third kappa shape index (κ3) is 4.05. The summed E-state index contributed by atoms with van der Waals surface area (Å²) < 4.78 is 5.06. The Kier molecular flexibility index (Phi) is 5.42. The monoisotopic (exact) mass is 214 g/mol. The predicted octanol–water partition coefficient (Wildman–Crippen LogP) is -0.498. The fourth-order valence-electron chi connectivity index (χ4n) is 1.82. The van der Waals surface area contributed by atoms with Gasteiger partial charge in [0.2, 0.25) is 0 Å². The Balaban J connectivity index is 2.24. The van der Waals surface area contributed by atoms with Gasteiger partial charge in [-0.1, -0.05) is 0 Å². The zero-order chi connectivity index (χ0) is 11.1. The standard InChI is InChI=1S/C10H22N4O/c1-11-10(12-2)13-9-4-5-14(8-9)6-7-15-3/h9H,4-8H2,1-3H3,(H2,11,12,13). The molecule has 1 unspecified atom stereocenters. The van der Waals surface area contributed by atoms with Crippen LogP contribution in [0.1, 0.15) is 6.42 Å². The summed E-state index contributed by atoms with van der Waals surface area (Å²) >= 11 is 0. The highest BCUT2D eigenvalue weighted by atomic mass is 16.5. The first-order valence-corrected chi connectivity index (χ1v) is 5.42. The van der Waals surface area contributed by atoms with Crippen LogP contribution in [0.2, 0.25) is 0 Å². The van der Waals surface area contributed by atoms with E-state index in [1.54, 1.807) is 14.2 Å². The Labute approximate surface area is 91.9 Å². The van der Waals surface area contributed by atoms with Crippen LogP contribution in [0.4, 0.5) is 0 Å². The van der Waals surface area contributed by atoms with Gasteiger partial charge in [-0.05, 0) is 6.42 Å². The van der Waals surface area contributed by atoms with Crippen molar-refractivity contribution in [2.24, 2.45) is 4.99 Å². The van der Waals surface area contributed by atoms with Crippen molar-refractivity contribution >= 4 is 5.96 Å². The molecule has 2 N–H and O–H groups in total. The van der Waals surface area contributed by atoms with Crippen LogP contribution in [0.3, 0.4) is 0 Å². The van der Waals surface area contributed by atoms with Gasteiger partial charge in [0, 0.05) is 46.9 Å². The van der Waals surface area contributed by atoms with E-state index >= 15 is 0 Å². The van der Waals surface area contributed by atoms with Crippen molar-refractivity contribution < 1.29 is 4.74 Å². The Morgan fingerprint density at radius 2 is 2.40 bits per heavy atom. The molecular weight excluding hydrogens is 192 g/mol. The van der Waals surface area contributed by atoms with Gasteiger partial charge in [0.1, 0.15) is 0 Å². The molecule has 88 valence electrons. The van der Waals surface area contributed by atoms with Crippen molar-refractivity contribution in [2.75, 3.05) is 47.4 Å². The number of hydrogen-bond donors (Lipinski definition) is 2. The van der Waals surface area contributed by atoms with E-state index in [9.17, 15) is 0 Å². The number of nitrogens with one attached hydrogen (secondary N) is 2. The summed E-state index contributed by atoms with van der Waals surface area (Å²) in [5.41, 5.74) is 0. The molecule has 1 aliphatic heterocycles. The highest BCUT2D eigenvalue weighted by Crippen LogP contribution is 2.08. The lowest BCUT2D eigenvalue weighted by Crippen LogP contribution is -2.43. The van der Waals surface area contributed by atoms with Crippen molar-refractivity contribution in [1.29, 1.82) is 0 Å². The van der Waals surface area contributed by atoms with Gasteiger partial charge in [-0.3, -0.25) is 9.89 Å². The number of hydrogen-bond acceptors (Lipinski definition) is 3. The Morgan fingerprint density at radius 1 is 1.60 bits per heavy atom. The first-order chi connectivity index (χ1) is 7.30. The molecule has 0 aromatic heterocycles. The highest BCUT2D eigenvalue weighted by molar-refractivity contribution is 5.79. The predicted molar refractivity (Wildman–Crippen MR) is 62.3 cm³/mol. The number of rotatable bonds is 4. The molecular formula is C10H22N4O. The molecule has 0 aliphatic carbocycles. The fourth-order valence-corrected chi connectivity index (χ4v) is 1.82. The first kappa shape index (κ1) is 12.3. The first-order valence-electron chi connectivity index (χ1n) is 5.42. The lowest BCUT2D eigenvalue weighted by molar-refractivity contribution is 0.160. The zero-order valence-corrected chi connectivity index (χ0v) is 9.92. The number of ether oxygens (including phenoxy) is 1. The van der Waals surface area contributed by atoms with Gasteiger partial charge in [-0.25, -0.2) is 0 Å². The van der Waals surface area contributed by atoms with Crippen molar-refractivity contribution in [3.8, 4) is 0 Å². The number of likely N-dealkylation sites (tertiary alicyclic amines) is 1. The molecule has 1 aliphatic rings. The molecule has 1 saturated heterocycles.